The van der Waals surface area contributed by atoms with Crippen LogP contribution in [0.15, 0.2) is 66.9 Å². The Morgan fingerprint density at radius 3 is 2.60 bits per heavy atom. The van der Waals surface area contributed by atoms with Crippen LogP contribution in [-0.4, -0.2) is 17.5 Å². The maximum absolute atomic E-state index is 12.3. The maximum atomic E-state index is 12.3. The second-order valence-electron chi connectivity index (χ2n) is 5.35. The number of amides is 1. The predicted octanol–water partition coefficient (Wildman–Crippen LogP) is 5.05. The van der Waals surface area contributed by atoms with Crippen LogP contribution in [0.1, 0.15) is 17.3 Å². The summed E-state index contributed by atoms with van der Waals surface area (Å²) in [7, 11) is 0. The summed E-state index contributed by atoms with van der Waals surface area (Å²) in [6.07, 6.45) is 1.56. The topological polar surface area (TPSA) is 51.2 Å². The fraction of sp³-hybridized carbons (Fsp3) is 0.100. The number of hydrogen-bond donors (Lipinski definition) is 1. The highest BCUT2D eigenvalue weighted by molar-refractivity contribution is 6.30. The molecule has 4 nitrogen and oxygen atoms in total. The number of rotatable bonds is 5. The predicted molar refractivity (Wildman–Crippen MR) is 100 cm³/mol. The average Bonchev–Trinajstić information content (AvgIpc) is 2.64. The molecule has 0 saturated carbocycles. The van der Waals surface area contributed by atoms with Crippen molar-refractivity contribution in [1.29, 1.82) is 0 Å². The number of aromatic nitrogens is 1. The Morgan fingerprint density at radius 1 is 1.12 bits per heavy atom. The van der Waals surface area contributed by atoms with Crippen molar-refractivity contribution < 1.29 is 9.53 Å². The van der Waals surface area contributed by atoms with Crippen molar-refractivity contribution in [2.45, 2.75) is 6.92 Å². The number of carbonyl (C=O) groups excluding carboxylic acids is 1. The van der Waals surface area contributed by atoms with E-state index in [2.05, 4.69) is 10.3 Å². The SMILES string of the molecule is CCOc1cccc(-c2ccc(C(=O)Nc3ccc(Cl)cc3)cn2)c1. The van der Waals surface area contributed by atoms with Gasteiger partial charge in [-0.3, -0.25) is 9.78 Å². The zero-order valence-electron chi connectivity index (χ0n) is 13.7. The molecular weight excluding hydrogens is 336 g/mol. The standard InChI is InChI=1S/C20H17ClN2O2/c1-2-25-18-5-3-4-14(12-18)19-11-6-15(13-22-19)20(24)23-17-9-7-16(21)8-10-17/h3-13H,2H2,1H3,(H,23,24). The van der Waals surface area contributed by atoms with Gasteiger partial charge in [0.25, 0.3) is 5.91 Å². The molecule has 0 unspecified atom stereocenters. The molecule has 3 aromatic rings. The Hall–Kier alpha value is -2.85. The number of nitrogens with zero attached hydrogens (tertiary/aromatic N) is 1. The van der Waals surface area contributed by atoms with E-state index in [9.17, 15) is 4.79 Å². The summed E-state index contributed by atoms with van der Waals surface area (Å²) < 4.78 is 5.50. The van der Waals surface area contributed by atoms with Crippen molar-refractivity contribution in [2.24, 2.45) is 0 Å². The number of pyridine rings is 1. The maximum Gasteiger partial charge on any atom is 0.257 e. The quantitative estimate of drug-likeness (QED) is 0.698. The molecule has 0 aliphatic carbocycles. The van der Waals surface area contributed by atoms with Gasteiger partial charge in [-0.15, -0.1) is 0 Å². The van der Waals surface area contributed by atoms with Crippen LogP contribution in [0.25, 0.3) is 11.3 Å². The third-order valence-electron chi connectivity index (χ3n) is 3.57. The van der Waals surface area contributed by atoms with Gasteiger partial charge in [-0.05, 0) is 55.5 Å². The first-order valence-electron chi connectivity index (χ1n) is 7.92. The molecule has 1 aromatic heterocycles. The number of anilines is 1. The summed E-state index contributed by atoms with van der Waals surface area (Å²) in [6.45, 7) is 2.56. The van der Waals surface area contributed by atoms with Crippen molar-refractivity contribution in [1.82, 2.24) is 4.98 Å². The fourth-order valence-corrected chi connectivity index (χ4v) is 2.47. The lowest BCUT2D eigenvalue weighted by atomic mass is 10.1. The van der Waals surface area contributed by atoms with Gasteiger partial charge in [-0.2, -0.15) is 0 Å². The molecule has 0 spiro atoms. The molecule has 1 amide bonds. The first kappa shape index (κ1) is 17.0. The van der Waals surface area contributed by atoms with Crippen LogP contribution >= 0.6 is 11.6 Å². The fourth-order valence-electron chi connectivity index (χ4n) is 2.35. The molecule has 5 heteroatoms. The van der Waals surface area contributed by atoms with E-state index >= 15 is 0 Å². The van der Waals surface area contributed by atoms with Gasteiger partial charge in [-0.25, -0.2) is 0 Å². The average molecular weight is 353 g/mol. The Bertz CT molecular complexity index is 862. The van der Waals surface area contributed by atoms with Crippen LogP contribution in [0, 0.1) is 0 Å². The van der Waals surface area contributed by atoms with Gasteiger partial charge < -0.3 is 10.1 Å². The molecule has 1 heterocycles. The van der Waals surface area contributed by atoms with E-state index in [0.29, 0.717) is 22.9 Å². The van der Waals surface area contributed by atoms with Crippen LogP contribution in [0.2, 0.25) is 5.02 Å². The van der Waals surface area contributed by atoms with Crippen molar-refractivity contribution in [3.63, 3.8) is 0 Å². The van der Waals surface area contributed by atoms with E-state index in [1.165, 1.54) is 0 Å². The molecule has 0 radical (unpaired) electrons. The lowest BCUT2D eigenvalue weighted by molar-refractivity contribution is 0.102. The molecule has 0 fully saturated rings. The van der Waals surface area contributed by atoms with Crippen LogP contribution in [0.5, 0.6) is 5.75 Å². The highest BCUT2D eigenvalue weighted by Gasteiger charge is 2.08. The van der Waals surface area contributed by atoms with Gasteiger partial charge in [0, 0.05) is 22.5 Å². The summed E-state index contributed by atoms with van der Waals surface area (Å²) in [5.74, 6) is 0.579. The number of carbonyl (C=O) groups is 1. The normalized spacial score (nSPS) is 10.3. The Morgan fingerprint density at radius 2 is 1.92 bits per heavy atom. The number of halogens is 1. The molecule has 2 aromatic carbocycles. The lowest BCUT2D eigenvalue weighted by Crippen LogP contribution is -2.12. The molecule has 25 heavy (non-hydrogen) atoms. The van der Waals surface area contributed by atoms with E-state index < -0.39 is 0 Å². The second-order valence-corrected chi connectivity index (χ2v) is 5.79. The van der Waals surface area contributed by atoms with E-state index in [0.717, 1.165) is 17.0 Å². The monoisotopic (exact) mass is 352 g/mol. The largest absolute Gasteiger partial charge is 0.494 e. The number of nitrogens with one attached hydrogen (secondary N) is 1. The zero-order valence-corrected chi connectivity index (χ0v) is 14.5. The van der Waals surface area contributed by atoms with E-state index in [1.54, 1.807) is 36.5 Å². The molecule has 126 valence electrons. The molecule has 3 rings (SSSR count). The first-order chi connectivity index (χ1) is 12.2. The van der Waals surface area contributed by atoms with Crippen molar-refractivity contribution in [3.8, 4) is 17.0 Å². The highest BCUT2D eigenvalue weighted by atomic mass is 35.5. The summed E-state index contributed by atoms with van der Waals surface area (Å²) in [6, 6.07) is 18.2. The first-order valence-corrected chi connectivity index (χ1v) is 8.29. The molecule has 1 N–H and O–H groups in total. The number of hydrogen-bond acceptors (Lipinski definition) is 3. The minimum atomic E-state index is -0.218. The molecule has 0 aliphatic rings. The summed E-state index contributed by atoms with van der Waals surface area (Å²) in [5.41, 5.74) is 2.89. The van der Waals surface area contributed by atoms with Gasteiger partial charge in [0.2, 0.25) is 0 Å². The van der Waals surface area contributed by atoms with Crippen LogP contribution in [-0.2, 0) is 0 Å². The van der Waals surface area contributed by atoms with E-state index in [-0.39, 0.29) is 5.91 Å². The molecule has 0 atom stereocenters. The number of benzene rings is 2. The molecule has 0 saturated heterocycles. The van der Waals surface area contributed by atoms with Crippen LogP contribution in [0.4, 0.5) is 5.69 Å². The summed E-state index contributed by atoms with van der Waals surface area (Å²) in [5, 5.41) is 3.44. The van der Waals surface area contributed by atoms with Gasteiger partial charge in [-0.1, -0.05) is 23.7 Å². The lowest BCUT2D eigenvalue weighted by Gasteiger charge is -2.07. The van der Waals surface area contributed by atoms with Crippen LogP contribution < -0.4 is 10.1 Å². The Balaban J connectivity index is 1.74. The van der Waals surface area contributed by atoms with Crippen molar-refractivity contribution in [3.05, 3.63) is 77.4 Å². The molecular formula is C20H17ClN2O2. The van der Waals surface area contributed by atoms with Gasteiger partial charge >= 0.3 is 0 Å². The van der Waals surface area contributed by atoms with Gasteiger partial charge in [0.15, 0.2) is 0 Å². The van der Waals surface area contributed by atoms with Crippen molar-refractivity contribution >= 4 is 23.2 Å². The highest BCUT2D eigenvalue weighted by Crippen LogP contribution is 2.22. The van der Waals surface area contributed by atoms with Gasteiger partial charge in [0.1, 0.15) is 5.75 Å². The van der Waals surface area contributed by atoms with E-state index in [4.69, 9.17) is 16.3 Å². The minimum absolute atomic E-state index is 0.218. The van der Waals surface area contributed by atoms with Gasteiger partial charge in [0.05, 0.1) is 17.9 Å². The second kappa shape index (κ2) is 7.81. The molecule has 0 bridgehead atoms. The molecule has 0 aliphatic heterocycles. The minimum Gasteiger partial charge on any atom is -0.494 e. The van der Waals surface area contributed by atoms with E-state index in [1.807, 2.05) is 37.3 Å². The third kappa shape index (κ3) is 4.37. The Kier molecular flexibility index (Phi) is 5.31. The van der Waals surface area contributed by atoms with Crippen molar-refractivity contribution in [2.75, 3.05) is 11.9 Å². The third-order valence-corrected chi connectivity index (χ3v) is 3.82. The van der Waals surface area contributed by atoms with Crippen LogP contribution in [0.3, 0.4) is 0 Å². The summed E-state index contributed by atoms with van der Waals surface area (Å²) >= 11 is 5.84. The Labute approximate surface area is 151 Å². The zero-order chi connectivity index (χ0) is 17.6. The number of ether oxygens (including phenoxy) is 1. The summed E-state index contributed by atoms with van der Waals surface area (Å²) in [4.78, 5) is 16.7. The smallest absolute Gasteiger partial charge is 0.257 e.